The van der Waals surface area contributed by atoms with Crippen LogP contribution >= 0.6 is 0 Å². The fourth-order valence-corrected chi connectivity index (χ4v) is 3.77. The van der Waals surface area contributed by atoms with Crippen molar-refractivity contribution >= 4 is 11.7 Å². The molecule has 1 heterocycles. The van der Waals surface area contributed by atoms with Crippen molar-refractivity contribution in [3.8, 4) is 0 Å². The van der Waals surface area contributed by atoms with Crippen LogP contribution in [0.15, 0.2) is 30.3 Å². The first-order valence-corrected chi connectivity index (χ1v) is 9.11. The van der Waals surface area contributed by atoms with E-state index in [9.17, 15) is 9.59 Å². The monoisotopic (exact) mass is 328 g/mol. The summed E-state index contributed by atoms with van der Waals surface area (Å²) >= 11 is 0. The van der Waals surface area contributed by atoms with Gasteiger partial charge in [0.25, 0.3) is 0 Å². The van der Waals surface area contributed by atoms with Crippen molar-refractivity contribution in [2.75, 3.05) is 19.6 Å². The highest BCUT2D eigenvalue weighted by atomic mass is 16.2. The lowest BCUT2D eigenvalue weighted by atomic mass is 9.70. The molecule has 0 spiro atoms. The van der Waals surface area contributed by atoms with Gasteiger partial charge in [0.15, 0.2) is 0 Å². The first kappa shape index (κ1) is 17.2. The Morgan fingerprint density at radius 2 is 1.83 bits per heavy atom. The lowest BCUT2D eigenvalue weighted by Crippen LogP contribution is -2.53. The zero-order chi connectivity index (χ0) is 17.2. The Morgan fingerprint density at radius 1 is 1.21 bits per heavy atom. The minimum Gasteiger partial charge on any atom is -0.354 e. The van der Waals surface area contributed by atoms with Crippen molar-refractivity contribution in [3.63, 3.8) is 0 Å². The molecule has 4 heteroatoms. The lowest BCUT2D eigenvalue weighted by molar-refractivity contribution is -0.128. The number of carbonyl (C=O) groups excluding carboxylic acids is 2. The lowest BCUT2D eigenvalue weighted by Gasteiger charge is -2.42. The van der Waals surface area contributed by atoms with Crippen LogP contribution in [-0.2, 0) is 15.0 Å². The van der Waals surface area contributed by atoms with Crippen molar-refractivity contribution in [2.45, 2.75) is 51.0 Å². The number of piperidine rings is 1. The number of benzene rings is 1. The second-order valence-corrected chi connectivity index (χ2v) is 7.40. The molecule has 2 aliphatic rings. The molecular weight excluding hydrogens is 300 g/mol. The molecule has 1 aliphatic heterocycles. The number of hydrogen-bond acceptors (Lipinski definition) is 3. The van der Waals surface area contributed by atoms with Gasteiger partial charge in [0.1, 0.15) is 5.78 Å². The molecule has 1 aliphatic carbocycles. The average molecular weight is 328 g/mol. The molecule has 1 aromatic carbocycles. The highest BCUT2D eigenvalue weighted by Gasteiger charge is 2.41. The standard InChI is InChI=1S/C20H28N2O2/c1-15(19(24)21-14-17-8-9-17)22-12-10-20(11-13-22,16(2)23)18-6-4-3-5-7-18/h3-7,15,17H,8-14H2,1-2H3,(H,21,24). The fourth-order valence-electron chi connectivity index (χ4n) is 3.77. The van der Waals surface area contributed by atoms with Gasteiger partial charge in [-0.25, -0.2) is 0 Å². The fraction of sp³-hybridized carbons (Fsp3) is 0.600. The summed E-state index contributed by atoms with van der Waals surface area (Å²) in [6.07, 6.45) is 4.06. The maximum atomic E-state index is 12.4. The van der Waals surface area contributed by atoms with Crippen molar-refractivity contribution in [1.29, 1.82) is 0 Å². The number of nitrogens with zero attached hydrogens (tertiary/aromatic N) is 1. The Bertz CT molecular complexity index is 587. The molecule has 2 fully saturated rings. The van der Waals surface area contributed by atoms with Crippen molar-refractivity contribution < 1.29 is 9.59 Å². The topological polar surface area (TPSA) is 49.4 Å². The van der Waals surface area contributed by atoms with Gasteiger partial charge >= 0.3 is 0 Å². The van der Waals surface area contributed by atoms with Gasteiger partial charge in [-0.15, -0.1) is 0 Å². The van der Waals surface area contributed by atoms with Crippen LogP contribution in [0.4, 0.5) is 0 Å². The number of ketones is 1. The third kappa shape index (κ3) is 3.54. The van der Waals surface area contributed by atoms with Gasteiger partial charge < -0.3 is 5.32 Å². The van der Waals surface area contributed by atoms with Crippen LogP contribution in [0.5, 0.6) is 0 Å². The van der Waals surface area contributed by atoms with Crippen molar-refractivity contribution in [2.24, 2.45) is 5.92 Å². The molecule has 24 heavy (non-hydrogen) atoms. The Morgan fingerprint density at radius 3 is 2.38 bits per heavy atom. The van der Waals surface area contributed by atoms with E-state index in [0.29, 0.717) is 5.92 Å². The summed E-state index contributed by atoms with van der Waals surface area (Å²) < 4.78 is 0. The van der Waals surface area contributed by atoms with Gasteiger partial charge in [0, 0.05) is 19.6 Å². The van der Waals surface area contributed by atoms with E-state index in [0.717, 1.165) is 38.0 Å². The summed E-state index contributed by atoms with van der Waals surface area (Å²) in [5, 5.41) is 3.07. The van der Waals surface area contributed by atoms with Crippen LogP contribution in [0.2, 0.25) is 0 Å². The van der Waals surface area contributed by atoms with Crippen LogP contribution in [0.3, 0.4) is 0 Å². The molecule has 0 radical (unpaired) electrons. The molecule has 1 unspecified atom stereocenters. The smallest absolute Gasteiger partial charge is 0.237 e. The zero-order valence-electron chi connectivity index (χ0n) is 14.8. The summed E-state index contributed by atoms with van der Waals surface area (Å²) in [6, 6.07) is 9.98. The molecule has 1 aromatic rings. The van der Waals surface area contributed by atoms with E-state index in [-0.39, 0.29) is 23.1 Å². The third-order valence-corrected chi connectivity index (χ3v) is 5.84. The molecule has 1 atom stereocenters. The van der Waals surface area contributed by atoms with E-state index in [2.05, 4.69) is 22.3 Å². The SMILES string of the molecule is CC(=O)C1(c2ccccc2)CCN(C(C)C(=O)NCC2CC2)CC1. The molecule has 130 valence electrons. The maximum absolute atomic E-state index is 12.4. The van der Waals surface area contributed by atoms with Gasteiger partial charge in [0.05, 0.1) is 11.5 Å². The molecule has 0 aromatic heterocycles. The Balaban J connectivity index is 1.62. The molecular formula is C20H28N2O2. The number of Topliss-reactive ketones (excluding diaryl/α,β-unsaturated/α-hetero) is 1. The normalized spacial score (nSPS) is 21.9. The van der Waals surface area contributed by atoms with Crippen LogP contribution in [0.25, 0.3) is 0 Å². The van der Waals surface area contributed by atoms with E-state index in [1.807, 2.05) is 25.1 Å². The Kier molecular flexibility index (Phi) is 5.04. The maximum Gasteiger partial charge on any atom is 0.237 e. The molecule has 3 rings (SSSR count). The first-order chi connectivity index (χ1) is 11.5. The predicted octanol–water partition coefficient (Wildman–Crippen LogP) is 2.52. The quantitative estimate of drug-likeness (QED) is 0.873. The molecule has 1 amide bonds. The number of nitrogens with one attached hydrogen (secondary N) is 1. The predicted molar refractivity (Wildman–Crippen MR) is 94.8 cm³/mol. The van der Waals surface area contributed by atoms with E-state index in [4.69, 9.17) is 0 Å². The molecule has 1 saturated carbocycles. The van der Waals surface area contributed by atoms with Gasteiger partial charge in [-0.05, 0) is 51.0 Å². The van der Waals surface area contributed by atoms with Gasteiger partial charge in [-0.2, -0.15) is 0 Å². The minimum atomic E-state index is -0.387. The van der Waals surface area contributed by atoms with Crippen LogP contribution in [0.1, 0.15) is 45.1 Å². The van der Waals surface area contributed by atoms with E-state index in [1.165, 1.54) is 12.8 Å². The van der Waals surface area contributed by atoms with Gasteiger partial charge in [-0.1, -0.05) is 30.3 Å². The molecule has 4 nitrogen and oxygen atoms in total. The second-order valence-electron chi connectivity index (χ2n) is 7.40. The van der Waals surface area contributed by atoms with Crippen LogP contribution in [0, 0.1) is 5.92 Å². The van der Waals surface area contributed by atoms with Crippen molar-refractivity contribution in [1.82, 2.24) is 10.2 Å². The largest absolute Gasteiger partial charge is 0.354 e. The Hall–Kier alpha value is -1.68. The molecule has 0 bridgehead atoms. The number of amides is 1. The van der Waals surface area contributed by atoms with Crippen LogP contribution < -0.4 is 5.32 Å². The summed E-state index contributed by atoms with van der Waals surface area (Å²) in [7, 11) is 0. The summed E-state index contributed by atoms with van der Waals surface area (Å²) in [4.78, 5) is 27.0. The number of hydrogen-bond donors (Lipinski definition) is 1. The van der Waals surface area contributed by atoms with E-state index >= 15 is 0 Å². The molecule has 1 saturated heterocycles. The zero-order valence-corrected chi connectivity index (χ0v) is 14.8. The highest BCUT2D eigenvalue weighted by Crippen LogP contribution is 2.37. The van der Waals surface area contributed by atoms with Gasteiger partial charge in [0.2, 0.25) is 5.91 Å². The minimum absolute atomic E-state index is 0.121. The second kappa shape index (κ2) is 7.06. The van der Waals surface area contributed by atoms with Crippen molar-refractivity contribution in [3.05, 3.63) is 35.9 Å². The van der Waals surface area contributed by atoms with Crippen LogP contribution in [-0.4, -0.2) is 42.3 Å². The first-order valence-electron chi connectivity index (χ1n) is 9.11. The third-order valence-electron chi connectivity index (χ3n) is 5.84. The van der Waals surface area contributed by atoms with E-state index in [1.54, 1.807) is 6.92 Å². The number of carbonyl (C=O) groups is 2. The summed E-state index contributed by atoms with van der Waals surface area (Å²) in [5.74, 6) is 1.06. The number of likely N-dealkylation sites (tertiary alicyclic amines) is 1. The Labute approximate surface area is 144 Å². The van der Waals surface area contributed by atoms with E-state index < -0.39 is 0 Å². The summed E-state index contributed by atoms with van der Waals surface area (Å²) in [6.45, 7) is 6.07. The van der Waals surface area contributed by atoms with Gasteiger partial charge in [-0.3, -0.25) is 14.5 Å². The summed E-state index contributed by atoms with van der Waals surface area (Å²) in [5.41, 5.74) is 0.727. The molecule has 1 N–H and O–H groups in total. The average Bonchev–Trinajstić information content (AvgIpc) is 3.44. The number of rotatable bonds is 6. The highest BCUT2D eigenvalue weighted by molar-refractivity contribution is 5.88.